The van der Waals surface area contributed by atoms with Crippen molar-refractivity contribution in [3.05, 3.63) is 11.0 Å². The van der Waals surface area contributed by atoms with Gasteiger partial charge in [-0.25, -0.2) is 4.98 Å². The van der Waals surface area contributed by atoms with Crippen molar-refractivity contribution in [1.82, 2.24) is 9.97 Å². The summed E-state index contributed by atoms with van der Waals surface area (Å²) in [5, 5.41) is 0.250. The first-order valence-electron chi connectivity index (χ1n) is 5.07. The lowest BCUT2D eigenvalue weighted by Crippen LogP contribution is -2.21. The molecule has 0 fully saturated rings. The molecule has 84 valence electrons. The van der Waals surface area contributed by atoms with Crippen LogP contribution in [0.25, 0.3) is 0 Å². The van der Waals surface area contributed by atoms with Crippen LogP contribution in [0.5, 0.6) is 0 Å². The van der Waals surface area contributed by atoms with Gasteiger partial charge in [0.15, 0.2) is 5.82 Å². The molecule has 0 atom stereocenters. The van der Waals surface area contributed by atoms with E-state index in [4.69, 9.17) is 17.3 Å². The highest BCUT2D eigenvalue weighted by Crippen LogP contribution is 2.23. The highest BCUT2D eigenvalue weighted by Gasteiger charge is 2.11. The first kappa shape index (κ1) is 12.0. The standard InChI is InChI=1S/C10H17ClN4/c1-4-5-6-15(3)9-8(12)7(2)13-10(11)14-9/h4-6,12H2,1-3H3. The molecule has 2 N–H and O–H groups in total. The molecule has 0 amide bonds. The van der Waals surface area contributed by atoms with Crippen LogP contribution in [-0.2, 0) is 0 Å². The topological polar surface area (TPSA) is 55.0 Å². The minimum Gasteiger partial charge on any atom is -0.394 e. The Morgan fingerprint density at radius 2 is 2.07 bits per heavy atom. The molecular weight excluding hydrogens is 212 g/mol. The third-order valence-corrected chi connectivity index (χ3v) is 2.47. The SMILES string of the molecule is CCCCN(C)c1nc(Cl)nc(C)c1N. The number of rotatable bonds is 4. The fraction of sp³-hybridized carbons (Fsp3) is 0.600. The van der Waals surface area contributed by atoms with Crippen molar-refractivity contribution in [2.24, 2.45) is 0 Å². The van der Waals surface area contributed by atoms with E-state index in [1.165, 1.54) is 0 Å². The Kier molecular flexibility index (Phi) is 4.15. The monoisotopic (exact) mass is 228 g/mol. The Morgan fingerprint density at radius 1 is 1.40 bits per heavy atom. The summed E-state index contributed by atoms with van der Waals surface area (Å²) in [6, 6.07) is 0. The Morgan fingerprint density at radius 3 is 2.67 bits per heavy atom. The largest absolute Gasteiger partial charge is 0.394 e. The van der Waals surface area contributed by atoms with Crippen molar-refractivity contribution in [3.63, 3.8) is 0 Å². The Bertz CT molecular complexity index is 340. The Hall–Kier alpha value is -1.03. The van der Waals surface area contributed by atoms with E-state index in [-0.39, 0.29) is 5.28 Å². The van der Waals surface area contributed by atoms with E-state index in [1.807, 2.05) is 18.9 Å². The summed E-state index contributed by atoms with van der Waals surface area (Å²) in [7, 11) is 1.96. The van der Waals surface area contributed by atoms with Crippen molar-refractivity contribution in [1.29, 1.82) is 0 Å². The van der Waals surface area contributed by atoms with Crippen molar-refractivity contribution in [3.8, 4) is 0 Å². The van der Waals surface area contributed by atoms with Gasteiger partial charge in [0.1, 0.15) is 0 Å². The predicted octanol–water partition coefficient (Wildman–Crippen LogP) is 2.26. The number of aryl methyl sites for hydroxylation is 1. The molecule has 1 aromatic heterocycles. The minimum absolute atomic E-state index is 0.250. The molecule has 1 rings (SSSR count). The molecular formula is C10H17ClN4. The summed E-state index contributed by atoms with van der Waals surface area (Å²) in [4.78, 5) is 10.2. The molecule has 0 aromatic carbocycles. The van der Waals surface area contributed by atoms with Gasteiger partial charge in [-0.05, 0) is 24.9 Å². The van der Waals surface area contributed by atoms with Gasteiger partial charge in [-0.15, -0.1) is 0 Å². The van der Waals surface area contributed by atoms with Gasteiger partial charge in [-0.3, -0.25) is 0 Å². The Balaban J connectivity index is 2.92. The quantitative estimate of drug-likeness (QED) is 0.804. The van der Waals surface area contributed by atoms with Crippen molar-refractivity contribution in [2.75, 3.05) is 24.2 Å². The number of anilines is 2. The average molecular weight is 229 g/mol. The maximum atomic E-state index is 5.90. The molecule has 0 saturated heterocycles. The summed E-state index contributed by atoms with van der Waals surface area (Å²) >= 11 is 5.80. The Labute approximate surface area is 95.5 Å². The van der Waals surface area contributed by atoms with Crippen LogP contribution in [0.4, 0.5) is 11.5 Å². The van der Waals surface area contributed by atoms with Gasteiger partial charge in [0, 0.05) is 13.6 Å². The smallest absolute Gasteiger partial charge is 0.224 e. The number of hydrogen-bond acceptors (Lipinski definition) is 4. The van der Waals surface area contributed by atoms with Crippen LogP contribution in [0.2, 0.25) is 5.28 Å². The molecule has 0 aliphatic carbocycles. The van der Waals surface area contributed by atoms with E-state index in [0.717, 1.165) is 30.9 Å². The third kappa shape index (κ3) is 2.96. The lowest BCUT2D eigenvalue weighted by Gasteiger charge is -2.20. The molecule has 0 bridgehead atoms. The molecule has 0 saturated carbocycles. The maximum Gasteiger partial charge on any atom is 0.224 e. The van der Waals surface area contributed by atoms with Gasteiger partial charge in [0.05, 0.1) is 11.4 Å². The highest BCUT2D eigenvalue weighted by molar-refractivity contribution is 6.28. The lowest BCUT2D eigenvalue weighted by molar-refractivity contribution is 0.758. The van der Waals surface area contributed by atoms with Crippen LogP contribution in [0.3, 0.4) is 0 Å². The van der Waals surface area contributed by atoms with E-state index >= 15 is 0 Å². The van der Waals surface area contributed by atoms with Crippen LogP contribution in [0.15, 0.2) is 0 Å². The number of nitrogens with zero attached hydrogens (tertiary/aromatic N) is 3. The second-order valence-electron chi connectivity index (χ2n) is 3.59. The van der Waals surface area contributed by atoms with Crippen molar-refractivity contribution in [2.45, 2.75) is 26.7 Å². The molecule has 0 aliphatic heterocycles. The van der Waals surface area contributed by atoms with Gasteiger partial charge >= 0.3 is 0 Å². The normalized spacial score (nSPS) is 10.4. The first-order valence-corrected chi connectivity index (χ1v) is 5.44. The van der Waals surface area contributed by atoms with Crippen LogP contribution in [0, 0.1) is 6.92 Å². The predicted molar refractivity (Wildman–Crippen MR) is 64.4 cm³/mol. The summed E-state index contributed by atoms with van der Waals surface area (Å²) < 4.78 is 0. The maximum absolute atomic E-state index is 5.90. The molecule has 0 spiro atoms. The van der Waals surface area contributed by atoms with E-state index in [0.29, 0.717) is 5.69 Å². The number of hydrogen-bond donors (Lipinski definition) is 1. The van der Waals surface area contributed by atoms with Crippen molar-refractivity contribution < 1.29 is 0 Å². The minimum atomic E-state index is 0.250. The molecule has 0 aliphatic rings. The van der Waals surface area contributed by atoms with Crippen LogP contribution in [-0.4, -0.2) is 23.6 Å². The molecule has 0 unspecified atom stereocenters. The molecule has 15 heavy (non-hydrogen) atoms. The van der Waals surface area contributed by atoms with Crippen LogP contribution < -0.4 is 10.6 Å². The lowest BCUT2D eigenvalue weighted by atomic mass is 10.3. The summed E-state index contributed by atoms with van der Waals surface area (Å²) in [5.74, 6) is 0.723. The number of halogens is 1. The van der Waals surface area contributed by atoms with E-state index in [1.54, 1.807) is 0 Å². The summed E-state index contributed by atoms with van der Waals surface area (Å²) in [5.41, 5.74) is 7.24. The van der Waals surface area contributed by atoms with Gasteiger partial charge in [-0.1, -0.05) is 13.3 Å². The zero-order valence-corrected chi connectivity index (χ0v) is 10.2. The summed E-state index contributed by atoms with van der Waals surface area (Å²) in [6.45, 7) is 4.91. The number of nitrogen functional groups attached to an aromatic ring is 1. The molecule has 4 nitrogen and oxygen atoms in total. The van der Waals surface area contributed by atoms with Gasteiger partial charge < -0.3 is 10.6 Å². The summed E-state index contributed by atoms with van der Waals surface area (Å²) in [6.07, 6.45) is 2.25. The fourth-order valence-electron chi connectivity index (χ4n) is 1.33. The van der Waals surface area contributed by atoms with Crippen molar-refractivity contribution >= 4 is 23.1 Å². The molecule has 0 radical (unpaired) electrons. The number of nitrogens with two attached hydrogens (primary N) is 1. The second-order valence-corrected chi connectivity index (χ2v) is 3.93. The molecule has 1 aromatic rings. The zero-order chi connectivity index (χ0) is 11.4. The third-order valence-electron chi connectivity index (χ3n) is 2.30. The van der Waals surface area contributed by atoms with E-state index < -0.39 is 0 Å². The molecule has 5 heteroatoms. The van der Waals surface area contributed by atoms with E-state index in [2.05, 4.69) is 16.9 Å². The average Bonchev–Trinajstić information content (AvgIpc) is 2.19. The fourth-order valence-corrected chi connectivity index (χ4v) is 1.53. The van der Waals surface area contributed by atoms with Gasteiger partial charge in [0.2, 0.25) is 5.28 Å². The second kappa shape index (κ2) is 5.16. The highest BCUT2D eigenvalue weighted by atomic mass is 35.5. The number of unbranched alkanes of at least 4 members (excludes halogenated alkanes) is 1. The number of aromatic nitrogens is 2. The van der Waals surface area contributed by atoms with Crippen LogP contribution >= 0.6 is 11.6 Å². The molecule has 1 heterocycles. The van der Waals surface area contributed by atoms with Crippen LogP contribution in [0.1, 0.15) is 25.5 Å². The van der Waals surface area contributed by atoms with E-state index in [9.17, 15) is 0 Å². The van der Waals surface area contributed by atoms with Gasteiger partial charge in [-0.2, -0.15) is 4.98 Å². The zero-order valence-electron chi connectivity index (χ0n) is 9.42. The van der Waals surface area contributed by atoms with Gasteiger partial charge in [0.25, 0.3) is 0 Å². The first-order chi connectivity index (χ1) is 7.06.